The molecule has 2 aromatic carbocycles. The zero-order chi connectivity index (χ0) is 25.0. The molecular formula is C24H27ClN4O5. The number of urea groups is 1. The molecule has 1 unspecified atom stereocenters. The molecule has 3 rings (SSSR count). The van der Waals surface area contributed by atoms with Gasteiger partial charge < -0.3 is 10.2 Å². The van der Waals surface area contributed by atoms with Crippen LogP contribution in [-0.2, 0) is 25.8 Å². The summed E-state index contributed by atoms with van der Waals surface area (Å²) in [5, 5.41) is 2.62. The van der Waals surface area contributed by atoms with Crippen LogP contribution in [0.4, 0.5) is 16.2 Å². The molecule has 1 heterocycles. The van der Waals surface area contributed by atoms with Crippen LogP contribution < -0.4 is 9.90 Å². The topological polar surface area (TPSA) is 99.3 Å². The standard InChI is InChI=1S/C24H27ClN4O5/c1-16(30)26-18-12-8-9-13-19(18)29(25)34-22(21(32)24(2,3)4)28-20(31)15-27(23(28)33)14-17-10-6-5-7-11-17/h5-13,22H,14-15H2,1-4H3,(H,26,30). The summed E-state index contributed by atoms with van der Waals surface area (Å²) >= 11 is 6.37. The quantitative estimate of drug-likeness (QED) is 0.344. The molecule has 180 valence electrons. The maximum absolute atomic E-state index is 13.3. The van der Waals surface area contributed by atoms with Crippen molar-refractivity contribution >= 4 is 46.8 Å². The van der Waals surface area contributed by atoms with Gasteiger partial charge in [0.2, 0.25) is 12.1 Å². The second-order valence-corrected chi connectivity index (χ2v) is 9.21. The third-order valence-corrected chi connectivity index (χ3v) is 5.34. The summed E-state index contributed by atoms with van der Waals surface area (Å²) in [6.07, 6.45) is -1.61. The minimum absolute atomic E-state index is 0.199. The Kier molecular flexibility index (Phi) is 7.58. The molecule has 0 aromatic heterocycles. The number of ketones is 1. The molecule has 34 heavy (non-hydrogen) atoms. The zero-order valence-electron chi connectivity index (χ0n) is 19.4. The molecule has 1 atom stereocenters. The molecule has 1 N–H and O–H groups in total. The summed E-state index contributed by atoms with van der Waals surface area (Å²) in [6.45, 7) is 6.31. The van der Waals surface area contributed by atoms with E-state index in [2.05, 4.69) is 5.32 Å². The van der Waals surface area contributed by atoms with Crippen LogP contribution in [0.3, 0.4) is 0 Å². The Morgan fingerprint density at radius 3 is 2.32 bits per heavy atom. The first-order valence-electron chi connectivity index (χ1n) is 10.7. The van der Waals surface area contributed by atoms with Crippen molar-refractivity contribution in [1.29, 1.82) is 0 Å². The molecule has 1 fully saturated rings. The van der Waals surface area contributed by atoms with Crippen molar-refractivity contribution in [2.75, 3.05) is 16.4 Å². The van der Waals surface area contributed by atoms with Gasteiger partial charge in [0, 0.05) is 30.7 Å². The molecule has 0 saturated carbocycles. The van der Waals surface area contributed by atoms with Crippen LogP contribution in [0.25, 0.3) is 0 Å². The molecule has 9 nitrogen and oxygen atoms in total. The maximum atomic E-state index is 13.3. The number of anilines is 2. The van der Waals surface area contributed by atoms with Crippen LogP contribution in [-0.4, -0.2) is 46.2 Å². The summed E-state index contributed by atoms with van der Waals surface area (Å²) in [6, 6.07) is 15.1. The number of nitrogens with one attached hydrogen (secondary N) is 1. The highest BCUT2D eigenvalue weighted by molar-refractivity contribution is 6.25. The van der Waals surface area contributed by atoms with E-state index >= 15 is 0 Å². The van der Waals surface area contributed by atoms with Crippen molar-refractivity contribution < 1.29 is 24.0 Å². The van der Waals surface area contributed by atoms with Gasteiger partial charge in [-0.25, -0.2) is 14.5 Å². The molecule has 4 amide bonds. The van der Waals surface area contributed by atoms with E-state index in [4.69, 9.17) is 16.6 Å². The lowest BCUT2D eigenvalue weighted by Crippen LogP contribution is -2.52. The molecule has 0 radical (unpaired) electrons. The fourth-order valence-corrected chi connectivity index (χ4v) is 3.60. The van der Waals surface area contributed by atoms with Crippen molar-refractivity contribution in [3.8, 4) is 0 Å². The first kappa shape index (κ1) is 25.2. The van der Waals surface area contributed by atoms with Gasteiger partial charge in [0.05, 0.1) is 5.69 Å². The normalized spacial score (nSPS) is 14.9. The molecule has 1 aliphatic rings. The van der Waals surface area contributed by atoms with E-state index in [0.717, 1.165) is 15.0 Å². The SMILES string of the molecule is CC(=O)Nc1ccccc1N(Cl)OC(C(=O)C(C)(C)C)N1C(=O)CN(Cc2ccccc2)C1=O. The van der Waals surface area contributed by atoms with Crippen LogP contribution in [0.15, 0.2) is 54.6 Å². The van der Waals surface area contributed by atoms with Crippen LogP contribution in [0.2, 0.25) is 0 Å². The zero-order valence-corrected chi connectivity index (χ0v) is 20.2. The summed E-state index contributed by atoms with van der Waals surface area (Å²) in [5.74, 6) is -1.43. The summed E-state index contributed by atoms with van der Waals surface area (Å²) < 4.78 is 0.764. The molecule has 0 bridgehead atoms. The Bertz CT molecular complexity index is 1090. The molecule has 1 aliphatic heterocycles. The Morgan fingerprint density at radius 1 is 1.09 bits per heavy atom. The average molecular weight is 487 g/mol. The second-order valence-electron chi connectivity index (χ2n) is 8.90. The Hall–Kier alpha value is -3.43. The van der Waals surface area contributed by atoms with Crippen molar-refractivity contribution in [2.24, 2.45) is 5.41 Å². The number of hydrogen-bond acceptors (Lipinski definition) is 6. The third kappa shape index (κ3) is 5.73. The smallest absolute Gasteiger partial charge is 0.324 e. The number of halogens is 1. The molecule has 1 saturated heterocycles. The monoisotopic (exact) mass is 486 g/mol. The number of carbonyl (C=O) groups is 4. The van der Waals surface area contributed by atoms with E-state index < -0.39 is 29.4 Å². The molecule has 10 heteroatoms. The second kappa shape index (κ2) is 10.2. The number of para-hydroxylation sites is 2. The van der Waals surface area contributed by atoms with Crippen molar-refractivity contribution in [3.63, 3.8) is 0 Å². The molecule has 2 aromatic rings. The van der Waals surface area contributed by atoms with Gasteiger partial charge in [0.1, 0.15) is 12.2 Å². The lowest BCUT2D eigenvalue weighted by atomic mass is 9.89. The van der Waals surface area contributed by atoms with E-state index in [-0.39, 0.29) is 24.7 Å². The first-order valence-corrected chi connectivity index (χ1v) is 11.0. The highest BCUT2D eigenvalue weighted by Crippen LogP contribution is 2.31. The van der Waals surface area contributed by atoms with E-state index in [9.17, 15) is 19.2 Å². The Labute approximate surface area is 203 Å². The lowest BCUT2D eigenvalue weighted by Gasteiger charge is -2.32. The van der Waals surface area contributed by atoms with E-state index in [0.29, 0.717) is 5.69 Å². The number of hydrogen-bond donors (Lipinski definition) is 1. The first-order chi connectivity index (χ1) is 16.0. The number of nitrogens with zero attached hydrogens (tertiary/aromatic N) is 3. The van der Waals surface area contributed by atoms with Crippen LogP contribution in [0.1, 0.15) is 33.3 Å². The lowest BCUT2D eigenvalue weighted by molar-refractivity contribution is -0.154. The predicted molar refractivity (Wildman–Crippen MR) is 128 cm³/mol. The summed E-state index contributed by atoms with van der Waals surface area (Å²) in [7, 11) is 0. The van der Waals surface area contributed by atoms with E-state index in [1.165, 1.54) is 11.8 Å². The van der Waals surface area contributed by atoms with Gasteiger partial charge in [0.15, 0.2) is 5.78 Å². The van der Waals surface area contributed by atoms with Gasteiger partial charge in [-0.05, 0) is 17.7 Å². The minimum Gasteiger partial charge on any atom is -0.324 e. The minimum atomic E-state index is -1.61. The summed E-state index contributed by atoms with van der Waals surface area (Å²) in [4.78, 5) is 58.8. The summed E-state index contributed by atoms with van der Waals surface area (Å²) in [5.41, 5.74) is 0.448. The van der Waals surface area contributed by atoms with Crippen molar-refractivity contribution in [3.05, 3.63) is 60.2 Å². The number of imide groups is 1. The average Bonchev–Trinajstić information content (AvgIpc) is 3.04. The fourth-order valence-electron chi connectivity index (χ4n) is 3.37. The van der Waals surface area contributed by atoms with Gasteiger partial charge in [0.25, 0.3) is 5.91 Å². The van der Waals surface area contributed by atoms with Crippen molar-refractivity contribution in [2.45, 2.75) is 40.5 Å². The van der Waals surface area contributed by atoms with Gasteiger partial charge in [-0.1, -0.05) is 63.2 Å². The van der Waals surface area contributed by atoms with Gasteiger partial charge in [-0.3, -0.25) is 14.4 Å². The Morgan fingerprint density at radius 2 is 1.71 bits per heavy atom. The highest BCUT2D eigenvalue weighted by Gasteiger charge is 2.47. The molecule has 0 aliphatic carbocycles. The Balaban J connectivity index is 1.90. The number of benzene rings is 2. The van der Waals surface area contributed by atoms with E-state index in [1.807, 2.05) is 30.3 Å². The van der Waals surface area contributed by atoms with Gasteiger partial charge >= 0.3 is 6.03 Å². The predicted octanol–water partition coefficient (Wildman–Crippen LogP) is 3.94. The highest BCUT2D eigenvalue weighted by atomic mass is 35.5. The van der Waals surface area contributed by atoms with Crippen LogP contribution >= 0.6 is 11.8 Å². The van der Waals surface area contributed by atoms with Crippen molar-refractivity contribution in [1.82, 2.24) is 9.80 Å². The van der Waals surface area contributed by atoms with Crippen LogP contribution in [0.5, 0.6) is 0 Å². The largest absolute Gasteiger partial charge is 0.330 e. The fraction of sp³-hybridized carbons (Fsp3) is 0.333. The van der Waals surface area contributed by atoms with Gasteiger partial charge in [-0.15, -0.1) is 0 Å². The third-order valence-electron chi connectivity index (χ3n) is 5.08. The van der Waals surface area contributed by atoms with Gasteiger partial charge in [-0.2, -0.15) is 4.58 Å². The van der Waals surface area contributed by atoms with E-state index in [1.54, 1.807) is 45.0 Å². The number of Topliss-reactive ketones (excluding diaryl/α,β-unsaturated/α-hetero) is 1. The maximum Gasteiger partial charge on any atom is 0.330 e. The van der Waals surface area contributed by atoms with Crippen LogP contribution in [0, 0.1) is 5.41 Å². The number of carbonyl (C=O) groups excluding carboxylic acids is 4. The number of amides is 4. The molecule has 0 spiro atoms. The molecular weight excluding hydrogens is 460 g/mol. The number of rotatable bonds is 8.